The molecule has 1 N–H and O–H groups in total. The van der Waals surface area contributed by atoms with Gasteiger partial charge in [-0.05, 0) is 26.3 Å². The number of pyridine rings is 1. The van der Waals surface area contributed by atoms with Crippen LogP contribution in [-0.2, 0) is 19.6 Å². The van der Waals surface area contributed by atoms with Crippen molar-refractivity contribution in [1.82, 2.24) is 19.9 Å². The molecule has 0 aliphatic rings. The molecule has 5 nitrogen and oxygen atoms in total. The van der Waals surface area contributed by atoms with E-state index < -0.39 is 0 Å². The highest BCUT2D eigenvalue weighted by molar-refractivity contribution is 5.25. The Labute approximate surface area is 126 Å². The van der Waals surface area contributed by atoms with Crippen LogP contribution in [0.4, 0.5) is 0 Å². The van der Waals surface area contributed by atoms with Crippen molar-refractivity contribution in [3.63, 3.8) is 0 Å². The van der Waals surface area contributed by atoms with Gasteiger partial charge >= 0.3 is 0 Å². The zero-order valence-corrected chi connectivity index (χ0v) is 13.0. The fourth-order valence-electron chi connectivity index (χ4n) is 2.15. The van der Waals surface area contributed by atoms with E-state index in [0.29, 0.717) is 5.88 Å². The maximum Gasteiger partial charge on any atom is 0.218 e. The van der Waals surface area contributed by atoms with Crippen LogP contribution in [0.1, 0.15) is 38.4 Å². The van der Waals surface area contributed by atoms with Gasteiger partial charge in [-0.3, -0.25) is 0 Å². The van der Waals surface area contributed by atoms with Crippen LogP contribution < -0.4 is 10.1 Å². The normalized spacial score (nSPS) is 11.0. The molecule has 0 amide bonds. The molecule has 2 heterocycles. The van der Waals surface area contributed by atoms with E-state index in [2.05, 4.69) is 26.8 Å². The summed E-state index contributed by atoms with van der Waals surface area (Å²) in [6.45, 7) is 8.71. The van der Waals surface area contributed by atoms with Gasteiger partial charge in [-0.2, -0.15) is 0 Å². The molecule has 0 bridgehead atoms. The van der Waals surface area contributed by atoms with Crippen molar-refractivity contribution in [2.45, 2.75) is 52.9 Å². The fraction of sp³-hybridized carbons (Fsp3) is 0.500. The van der Waals surface area contributed by atoms with E-state index in [1.54, 1.807) is 6.20 Å². The smallest absolute Gasteiger partial charge is 0.218 e. The van der Waals surface area contributed by atoms with Crippen molar-refractivity contribution in [2.24, 2.45) is 0 Å². The maximum absolute atomic E-state index is 5.73. The van der Waals surface area contributed by atoms with Crippen LogP contribution >= 0.6 is 0 Å². The molecule has 0 unspecified atom stereocenters. The molecule has 0 aromatic carbocycles. The highest BCUT2D eigenvalue weighted by Crippen LogP contribution is 2.15. The second-order valence-corrected chi connectivity index (χ2v) is 5.32. The van der Waals surface area contributed by atoms with Gasteiger partial charge in [0, 0.05) is 37.6 Å². The minimum atomic E-state index is 0.129. The second-order valence-electron chi connectivity index (χ2n) is 5.32. The van der Waals surface area contributed by atoms with Gasteiger partial charge in [0.15, 0.2) is 0 Å². The van der Waals surface area contributed by atoms with Crippen LogP contribution in [0.15, 0.2) is 30.9 Å². The first-order valence-corrected chi connectivity index (χ1v) is 7.51. The van der Waals surface area contributed by atoms with E-state index in [1.165, 1.54) is 5.69 Å². The van der Waals surface area contributed by atoms with E-state index in [0.717, 1.165) is 31.6 Å². The third-order valence-electron chi connectivity index (χ3n) is 3.08. The van der Waals surface area contributed by atoms with E-state index in [4.69, 9.17) is 4.74 Å². The Kier molecular flexibility index (Phi) is 5.75. The summed E-state index contributed by atoms with van der Waals surface area (Å²) >= 11 is 0. The highest BCUT2D eigenvalue weighted by Gasteiger charge is 2.07. The first-order chi connectivity index (χ1) is 10.2. The van der Waals surface area contributed by atoms with Gasteiger partial charge in [-0.1, -0.05) is 13.0 Å². The van der Waals surface area contributed by atoms with Crippen LogP contribution in [0, 0.1) is 0 Å². The summed E-state index contributed by atoms with van der Waals surface area (Å²) in [5.74, 6) is 0.710. The van der Waals surface area contributed by atoms with Gasteiger partial charge < -0.3 is 14.6 Å². The molecule has 5 heteroatoms. The standard InChI is InChI=1S/C16H24N4O/c1-4-8-20-12-18-11-15(20)10-17-9-14-6-5-7-19-16(14)21-13(2)3/h5-7,11-13,17H,4,8-10H2,1-3H3. The Morgan fingerprint density at radius 3 is 2.95 bits per heavy atom. The lowest BCUT2D eigenvalue weighted by atomic mass is 10.2. The van der Waals surface area contributed by atoms with Crippen LogP contribution in [0.2, 0.25) is 0 Å². The molecule has 2 rings (SSSR count). The van der Waals surface area contributed by atoms with E-state index in [-0.39, 0.29) is 6.10 Å². The van der Waals surface area contributed by atoms with Crippen molar-refractivity contribution >= 4 is 0 Å². The third kappa shape index (κ3) is 4.56. The second kappa shape index (κ2) is 7.78. The monoisotopic (exact) mass is 288 g/mol. The first kappa shape index (κ1) is 15.5. The third-order valence-corrected chi connectivity index (χ3v) is 3.08. The maximum atomic E-state index is 5.73. The molecule has 0 atom stereocenters. The predicted molar refractivity (Wildman–Crippen MR) is 83.1 cm³/mol. The molecule has 114 valence electrons. The molecule has 0 fully saturated rings. The molecule has 0 spiro atoms. The molecule has 0 aliphatic heterocycles. The van der Waals surface area contributed by atoms with Gasteiger partial charge in [0.05, 0.1) is 18.1 Å². The zero-order valence-electron chi connectivity index (χ0n) is 13.0. The number of hydrogen-bond acceptors (Lipinski definition) is 4. The summed E-state index contributed by atoms with van der Waals surface area (Å²) in [7, 11) is 0. The van der Waals surface area contributed by atoms with Crippen LogP contribution in [0.5, 0.6) is 5.88 Å². The van der Waals surface area contributed by atoms with Gasteiger partial charge in [0.2, 0.25) is 5.88 Å². The lowest BCUT2D eigenvalue weighted by Gasteiger charge is -2.13. The van der Waals surface area contributed by atoms with Gasteiger partial charge in [-0.25, -0.2) is 9.97 Å². The van der Waals surface area contributed by atoms with Crippen molar-refractivity contribution in [3.05, 3.63) is 42.1 Å². The number of imidazole rings is 1. The van der Waals surface area contributed by atoms with Gasteiger partial charge in [0.1, 0.15) is 0 Å². The minimum absolute atomic E-state index is 0.129. The Balaban J connectivity index is 1.92. The Morgan fingerprint density at radius 2 is 2.19 bits per heavy atom. The fourth-order valence-corrected chi connectivity index (χ4v) is 2.15. The Morgan fingerprint density at radius 1 is 1.33 bits per heavy atom. The van der Waals surface area contributed by atoms with Crippen molar-refractivity contribution < 1.29 is 4.74 Å². The van der Waals surface area contributed by atoms with Crippen LogP contribution in [-0.4, -0.2) is 20.6 Å². The molecule has 2 aromatic heterocycles. The zero-order chi connectivity index (χ0) is 15.1. The summed E-state index contributed by atoms with van der Waals surface area (Å²) in [6, 6.07) is 3.98. The number of nitrogens with zero attached hydrogens (tertiary/aromatic N) is 3. The quantitative estimate of drug-likeness (QED) is 0.811. The number of rotatable bonds is 8. The number of hydrogen-bond donors (Lipinski definition) is 1. The summed E-state index contributed by atoms with van der Waals surface area (Å²) in [5, 5.41) is 3.44. The summed E-state index contributed by atoms with van der Waals surface area (Å²) in [5.41, 5.74) is 2.28. The summed E-state index contributed by atoms with van der Waals surface area (Å²) in [6.07, 6.45) is 6.80. The molecule has 0 saturated heterocycles. The van der Waals surface area contributed by atoms with Crippen LogP contribution in [0.25, 0.3) is 0 Å². The summed E-state index contributed by atoms with van der Waals surface area (Å²) in [4.78, 5) is 8.51. The average Bonchev–Trinajstić information content (AvgIpc) is 2.88. The lowest BCUT2D eigenvalue weighted by molar-refractivity contribution is 0.229. The molecule has 0 radical (unpaired) electrons. The van der Waals surface area contributed by atoms with Crippen molar-refractivity contribution in [3.8, 4) is 5.88 Å². The average molecular weight is 288 g/mol. The SMILES string of the molecule is CCCn1cncc1CNCc1cccnc1OC(C)C. The molecule has 0 aliphatic carbocycles. The van der Waals surface area contributed by atoms with Crippen LogP contribution in [0.3, 0.4) is 0 Å². The number of aromatic nitrogens is 3. The topological polar surface area (TPSA) is 52.0 Å². The predicted octanol–water partition coefficient (Wildman–Crippen LogP) is 2.77. The molecular weight excluding hydrogens is 264 g/mol. The lowest BCUT2D eigenvalue weighted by Crippen LogP contribution is -2.17. The van der Waals surface area contributed by atoms with E-state index in [9.17, 15) is 0 Å². The van der Waals surface area contributed by atoms with Gasteiger partial charge in [0.25, 0.3) is 0 Å². The van der Waals surface area contributed by atoms with E-state index >= 15 is 0 Å². The number of aryl methyl sites for hydroxylation is 1. The number of ether oxygens (including phenoxy) is 1. The van der Waals surface area contributed by atoms with Crippen molar-refractivity contribution in [1.29, 1.82) is 0 Å². The Bertz CT molecular complexity index is 551. The molecule has 0 saturated carbocycles. The largest absolute Gasteiger partial charge is 0.475 e. The molecule has 21 heavy (non-hydrogen) atoms. The molecular formula is C16H24N4O. The van der Waals surface area contributed by atoms with E-state index in [1.807, 2.05) is 38.5 Å². The first-order valence-electron chi connectivity index (χ1n) is 7.51. The Hall–Kier alpha value is -1.88. The molecule has 2 aromatic rings. The minimum Gasteiger partial charge on any atom is -0.475 e. The van der Waals surface area contributed by atoms with Gasteiger partial charge in [-0.15, -0.1) is 0 Å². The summed E-state index contributed by atoms with van der Waals surface area (Å²) < 4.78 is 7.91. The van der Waals surface area contributed by atoms with Crippen molar-refractivity contribution in [2.75, 3.05) is 0 Å². The number of nitrogens with one attached hydrogen (secondary N) is 1. The highest BCUT2D eigenvalue weighted by atomic mass is 16.5.